The Bertz CT molecular complexity index is 1300. The number of benzene rings is 1. The molecule has 3 heterocycles. The van der Waals surface area contributed by atoms with Gasteiger partial charge in [0.25, 0.3) is 11.4 Å². The molecule has 1 saturated heterocycles. The lowest BCUT2D eigenvalue weighted by atomic mass is 10.00. The molecule has 0 aliphatic carbocycles. The fourth-order valence-electron chi connectivity index (χ4n) is 4.75. The van der Waals surface area contributed by atoms with E-state index in [1.54, 1.807) is 41.9 Å². The highest BCUT2D eigenvalue weighted by Crippen LogP contribution is 2.33. The summed E-state index contributed by atoms with van der Waals surface area (Å²) in [6.07, 6.45) is 0. The highest BCUT2D eigenvalue weighted by atomic mass is 19.3. The van der Waals surface area contributed by atoms with E-state index in [-0.39, 0.29) is 35.3 Å². The Labute approximate surface area is 197 Å². The van der Waals surface area contributed by atoms with E-state index in [0.717, 1.165) is 11.3 Å². The molecular weight excluding hydrogens is 440 g/mol. The number of nitrogens with zero attached hydrogens (tertiary/aromatic N) is 5. The highest BCUT2D eigenvalue weighted by molar-refractivity contribution is 5.89. The Kier molecular flexibility index (Phi) is 6.53. The molecule has 178 valence electrons. The maximum Gasteiger partial charge on any atom is 0.387 e. The van der Waals surface area contributed by atoms with E-state index in [1.165, 1.54) is 6.07 Å². The van der Waals surface area contributed by atoms with Crippen molar-refractivity contribution < 1.29 is 13.5 Å². The summed E-state index contributed by atoms with van der Waals surface area (Å²) in [4.78, 5) is 25.2. The molecule has 1 aliphatic heterocycles. The van der Waals surface area contributed by atoms with Gasteiger partial charge in [-0.15, -0.1) is 4.98 Å². The van der Waals surface area contributed by atoms with Gasteiger partial charge >= 0.3 is 6.61 Å². The number of aromatic nitrogens is 2. The lowest BCUT2D eigenvalue weighted by Crippen LogP contribution is -2.57. The minimum absolute atomic E-state index is 0.0203. The number of fused-ring (bicyclic) bond motifs is 1. The first kappa shape index (κ1) is 23.6. The Hall–Kier alpha value is -3.51. The maximum atomic E-state index is 12.7. The van der Waals surface area contributed by atoms with Gasteiger partial charge in [-0.1, -0.05) is 18.7 Å². The molecule has 0 spiro atoms. The normalized spacial score (nSPS) is 19.9. The van der Waals surface area contributed by atoms with Gasteiger partial charge in [0.05, 0.1) is 11.2 Å². The number of hydrogen-bond acceptors (Lipinski definition) is 5. The lowest BCUT2D eigenvalue weighted by Gasteiger charge is -2.47. The van der Waals surface area contributed by atoms with Crippen LogP contribution in [0.5, 0.6) is 5.75 Å². The zero-order chi connectivity index (χ0) is 24.6. The smallest absolute Gasteiger partial charge is 0.387 e. The fraction of sp³-hybridized carbons (Fsp3) is 0.400. The average molecular weight is 468 g/mol. The largest absolute Gasteiger partial charge is 0.435 e. The van der Waals surface area contributed by atoms with E-state index in [0.29, 0.717) is 24.1 Å². The van der Waals surface area contributed by atoms with Gasteiger partial charge in [-0.25, -0.2) is 0 Å². The molecule has 0 bridgehead atoms. The molecule has 3 aromatic rings. The predicted octanol–water partition coefficient (Wildman–Crippen LogP) is 4.75. The summed E-state index contributed by atoms with van der Waals surface area (Å²) in [5.41, 5.74) is 2.80. The van der Waals surface area contributed by atoms with E-state index < -0.39 is 6.61 Å². The van der Waals surface area contributed by atoms with Crippen LogP contribution in [0.25, 0.3) is 15.9 Å². The standard InChI is InChI=1S/C25H27F2N5O2/c1-15-14-32(21-12-23(33)30(5)20-9-10-22(28-4)29-24(20)21)16(2)13-31(15)17(3)18-7-6-8-19(11-18)34-25(26)27/h6-12,15-17,25H,13-14H2,1-3,5H3/t15-,16+,17?/m1/s1. The molecule has 0 amide bonds. The van der Waals surface area contributed by atoms with Gasteiger partial charge in [-0.3, -0.25) is 9.69 Å². The molecule has 34 heavy (non-hydrogen) atoms. The van der Waals surface area contributed by atoms with Crippen LogP contribution < -0.4 is 15.2 Å². The third-order valence-corrected chi connectivity index (χ3v) is 6.58. The molecule has 0 radical (unpaired) electrons. The second-order valence-electron chi connectivity index (χ2n) is 8.75. The number of aryl methyl sites for hydroxylation is 1. The first-order valence-electron chi connectivity index (χ1n) is 11.1. The molecule has 0 N–H and O–H groups in total. The van der Waals surface area contributed by atoms with Crippen LogP contribution in [-0.4, -0.2) is 46.2 Å². The highest BCUT2D eigenvalue weighted by Gasteiger charge is 2.34. The number of ether oxygens (including phenoxy) is 1. The van der Waals surface area contributed by atoms with Crippen LogP contribution in [0.15, 0.2) is 47.3 Å². The van der Waals surface area contributed by atoms with Crippen LogP contribution in [-0.2, 0) is 7.05 Å². The van der Waals surface area contributed by atoms with E-state index >= 15 is 0 Å². The Morgan fingerprint density at radius 1 is 1.15 bits per heavy atom. The van der Waals surface area contributed by atoms with E-state index in [2.05, 4.69) is 45.1 Å². The molecule has 0 saturated carbocycles. The zero-order valence-electron chi connectivity index (χ0n) is 19.6. The Morgan fingerprint density at radius 3 is 2.62 bits per heavy atom. The average Bonchev–Trinajstić information content (AvgIpc) is 2.81. The molecular formula is C25H27F2N5O2. The summed E-state index contributed by atoms with van der Waals surface area (Å²) in [5.74, 6) is 0.429. The van der Waals surface area contributed by atoms with Crippen molar-refractivity contribution in [3.63, 3.8) is 0 Å². The first-order chi connectivity index (χ1) is 16.2. The number of alkyl halides is 2. The lowest BCUT2D eigenvalue weighted by molar-refractivity contribution is -0.0499. The number of rotatable bonds is 5. The zero-order valence-corrected chi connectivity index (χ0v) is 19.6. The van der Waals surface area contributed by atoms with E-state index in [1.807, 2.05) is 6.07 Å². The van der Waals surface area contributed by atoms with E-state index in [9.17, 15) is 13.6 Å². The maximum absolute atomic E-state index is 12.7. The van der Waals surface area contributed by atoms with Crippen LogP contribution >= 0.6 is 0 Å². The van der Waals surface area contributed by atoms with Crippen molar-refractivity contribution in [3.05, 3.63) is 69.8 Å². The third kappa shape index (κ3) is 4.46. The Balaban J connectivity index is 1.64. The van der Waals surface area contributed by atoms with Gasteiger partial charge in [0, 0.05) is 44.3 Å². The van der Waals surface area contributed by atoms with Crippen molar-refractivity contribution in [1.82, 2.24) is 14.5 Å². The van der Waals surface area contributed by atoms with Crippen molar-refractivity contribution in [3.8, 4) is 5.75 Å². The fourth-order valence-corrected chi connectivity index (χ4v) is 4.75. The van der Waals surface area contributed by atoms with Gasteiger partial charge < -0.3 is 19.0 Å². The summed E-state index contributed by atoms with van der Waals surface area (Å²) in [5, 5.41) is 0. The second-order valence-corrected chi connectivity index (χ2v) is 8.75. The predicted molar refractivity (Wildman–Crippen MR) is 128 cm³/mol. The topological polar surface area (TPSA) is 55.0 Å². The van der Waals surface area contributed by atoms with Crippen molar-refractivity contribution in [1.29, 1.82) is 0 Å². The van der Waals surface area contributed by atoms with Crippen molar-refractivity contribution in [2.24, 2.45) is 7.05 Å². The monoisotopic (exact) mass is 467 g/mol. The van der Waals surface area contributed by atoms with Gasteiger partial charge in [0.2, 0.25) is 5.52 Å². The summed E-state index contributed by atoms with van der Waals surface area (Å²) in [6, 6.07) is 11.9. The summed E-state index contributed by atoms with van der Waals surface area (Å²) < 4.78 is 31.4. The minimum atomic E-state index is -2.86. The van der Waals surface area contributed by atoms with Gasteiger partial charge in [0.15, 0.2) is 0 Å². The van der Waals surface area contributed by atoms with Crippen molar-refractivity contribution in [2.45, 2.75) is 45.5 Å². The third-order valence-electron chi connectivity index (χ3n) is 6.58. The number of hydrogen-bond donors (Lipinski definition) is 0. The van der Waals surface area contributed by atoms with Crippen LogP contribution in [0.4, 0.5) is 20.3 Å². The summed E-state index contributed by atoms with van der Waals surface area (Å²) in [7, 11) is 1.70. The van der Waals surface area contributed by atoms with Crippen LogP contribution in [0.2, 0.25) is 0 Å². The van der Waals surface area contributed by atoms with Gasteiger partial charge in [0.1, 0.15) is 5.75 Å². The van der Waals surface area contributed by atoms with Crippen LogP contribution in [0.3, 0.4) is 0 Å². The first-order valence-corrected chi connectivity index (χ1v) is 11.1. The number of halogens is 2. The van der Waals surface area contributed by atoms with Gasteiger partial charge in [-0.2, -0.15) is 8.78 Å². The van der Waals surface area contributed by atoms with Crippen molar-refractivity contribution >= 4 is 22.5 Å². The molecule has 1 aliphatic rings. The molecule has 4 rings (SSSR count). The van der Waals surface area contributed by atoms with Crippen molar-refractivity contribution in [2.75, 3.05) is 18.0 Å². The summed E-state index contributed by atoms with van der Waals surface area (Å²) >= 11 is 0. The molecule has 1 aromatic carbocycles. The molecule has 7 nitrogen and oxygen atoms in total. The molecule has 9 heteroatoms. The molecule has 1 unspecified atom stereocenters. The summed E-state index contributed by atoms with van der Waals surface area (Å²) in [6.45, 7) is 12.1. The molecule has 1 fully saturated rings. The van der Waals surface area contributed by atoms with E-state index in [4.69, 9.17) is 6.57 Å². The second kappa shape index (κ2) is 9.39. The van der Waals surface area contributed by atoms with Crippen LogP contribution in [0.1, 0.15) is 32.4 Å². The number of anilines is 1. The SMILES string of the molecule is [C-]#[N+]c1ccc2c(n1)c(N1C[C@@H](C)N(C(C)c3cccc(OC(F)F)c3)C[C@@H]1C)cc(=O)n2C. The number of piperazine rings is 1. The Morgan fingerprint density at radius 2 is 1.91 bits per heavy atom. The quantitative estimate of drug-likeness (QED) is 0.507. The van der Waals surface area contributed by atoms with Crippen LogP contribution in [0, 0.1) is 6.57 Å². The minimum Gasteiger partial charge on any atom is -0.435 e. The molecule has 2 aromatic heterocycles. The molecule has 3 atom stereocenters. The number of pyridine rings is 2. The van der Waals surface area contributed by atoms with Gasteiger partial charge in [-0.05, 0) is 50.6 Å².